The van der Waals surface area contributed by atoms with E-state index in [4.69, 9.17) is 4.74 Å². The smallest absolute Gasteiger partial charge is 0.494 e. The van der Waals surface area contributed by atoms with Crippen LogP contribution in [-0.2, 0) is 0 Å². The second-order valence-electron chi connectivity index (χ2n) is 6.12. The highest BCUT2D eigenvalue weighted by atomic mass is 19.4. The Morgan fingerprint density at radius 2 is 1.77 bits per heavy atom. The molecule has 0 fully saturated rings. The fourth-order valence-corrected chi connectivity index (χ4v) is 2.66. The summed E-state index contributed by atoms with van der Waals surface area (Å²) in [6.45, 7) is 1.79. The van der Waals surface area contributed by atoms with Crippen molar-refractivity contribution in [3.05, 3.63) is 76.2 Å². The van der Waals surface area contributed by atoms with E-state index in [0.717, 1.165) is 28.4 Å². The van der Waals surface area contributed by atoms with E-state index in [1.54, 1.807) is 31.2 Å². The maximum Gasteiger partial charge on any atom is 0.573 e. The molecule has 0 aliphatic heterocycles. The minimum Gasteiger partial charge on any atom is -0.494 e. The number of hydrogen-bond acceptors (Lipinski definition) is 5. The molecule has 0 bridgehead atoms. The molecule has 7 nitrogen and oxygen atoms in total. The molecule has 0 atom stereocenters. The topological polar surface area (TPSA) is 82.5 Å². The average Bonchev–Trinajstić information content (AvgIpc) is 2.68. The number of ether oxygens (including phenoxy) is 2. The molecule has 1 amide bonds. The number of halogens is 3. The first kappa shape index (κ1) is 20.9. The van der Waals surface area contributed by atoms with E-state index in [-0.39, 0.29) is 17.1 Å². The van der Waals surface area contributed by atoms with Crippen LogP contribution in [0.5, 0.6) is 11.5 Å². The van der Waals surface area contributed by atoms with Crippen LogP contribution in [0.25, 0.3) is 5.69 Å². The average molecular weight is 419 g/mol. The van der Waals surface area contributed by atoms with E-state index in [1.165, 1.54) is 19.2 Å². The molecule has 0 saturated heterocycles. The van der Waals surface area contributed by atoms with Gasteiger partial charge < -0.3 is 14.8 Å². The summed E-state index contributed by atoms with van der Waals surface area (Å²) in [5, 5.41) is 6.63. The van der Waals surface area contributed by atoms with Gasteiger partial charge in [-0.1, -0.05) is 18.2 Å². The maximum absolute atomic E-state index is 12.7. The van der Waals surface area contributed by atoms with Crippen LogP contribution >= 0.6 is 0 Å². The number of amides is 1. The minimum absolute atomic E-state index is 0.0423. The van der Waals surface area contributed by atoms with Crippen molar-refractivity contribution in [2.24, 2.45) is 0 Å². The highest BCUT2D eigenvalue weighted by Gasteiger charge is 2.31. The summed E-state index contributed by atoms with van der Waals surface area (Å²) >= 11 is 0. The van der Waals surface area contributed by atoms with Crippen molar-refractivity contribution >= 4 is 11.6 Å². The fourth-order valence-electron chi connectivity index (χ4n) is 2.66. The predicted molar refractivity (Wildman–Crippen MR) is 102 cm³/mol. The molecule has 0 spiro atoms. The van der Waals surface area contributed by atoms with Gasteiger partial charge in [-0.2, -0.15) is 9.78 Å². The van der Waals surface area contributed by atoms with Crippen LogP contribution < -0.4 is 20.3 Å². The van der Waals surface area contributed by atoms with Gasteiger partial charge in [-0.3, -0.25) is 9.59 Å². The quantitative estimate of drug-likeness (QED) is 0.682. The van der Waals surface area contributed by atoms with Gasteiger partial charge in [-0.05, 0) is 42.8 Å². The van der Waals surface area contributed by atoms with E-state index in [9.17, 15) is 22.8 Å². The second-order valence-corrected chi connectivity index (χ2v) is 6.12. The van der Waals surface area contributed by atoms with Crippen LogP contribution in [-0.4, -0.2) is 29.2 Å². The maximum atomic E-state index is 12.7. The van der Waals surface area contributed by atoms with Crippen LogP contribution in [0.15, 0.2) is 59.4 Å². The van der Waals surface area contributed by atoms with Crippen LogP contribution in [0.1, 0.15) is 16.1 Å². The second kappa shape index (κ2) is 8.27. The molecule has 0 aliphatic carbocycles. The third-order valence-corrected chi connectivity index (χ3v) is 4.02. The number of rotatable bonds is 5. The van der Waals surface area contributed by atoms with Gasteiger partial charge in [0.15, 0.2) is 11.4 Å². The third-order valence-electron chi connectivity index (χ3n) is 4.02. The highest BCUT2D eigenvalue weighted by Crippen LogP contribution is 2.24. The summed E-state index contributed by atoms with van der Waals surface area (Å²) in [6, 6.07) is 12.7. The van der Waals surface area contributed by atoms with Crippen LogP contribution in [0, 0.1) is 6.92 Å². The lowest BCUT2D eigenvalue weighted by Gasteiger charge is -2.13. The normalized spacial score (nSPS) is 11.1. The van der Waals surface area contributed by atoms with Gasteiger partial charge in [0, 0.05) is 5.69 Å². The Balaban J connectivity index is 1.91. The Bertz CT molecular complexity index is 1130. The Morgan fingerprint density at radius 3 is 2.37 bits per heavy atom. The third kappa shape index (κ3) is 4.77. The van der Waals surface area contributed by atoms with Crippen molar-refractivity contribution in [2.45, 2.75) is 13.3 Å². The number of aromatic nitrogens is 2. The zero-order valence-corrected chi connectivity index (χ0v) is 15.9. The number of nitrogens with zero attached hydrogens (tertiary/aromatic N) is 2. The Kier molecular flexibility index (Phi) is 5.77. The molecule has 30 heavy (non-hydrogen) atoms. The van der Waals surface area contributed by atoms with E-state index >= 15 is 0 Å². The lowest BCUT2D eigenvalue weighted by molar-refractivity contribution is -0.274. The summed E-state index contributed by atoms with van der Waals surface area (Å²) in [5.41, 5.74) is 0.797. The molecule has 0 unspecified atom stereocenters. The van der Waals surface area contributed by atoms with Crippen molar-refractivity contribution in [3.8, 4) is 17.2 Å². The van der Waals surface area contributed by atoms with Gasteiger partial charge in [0.05, 0.1) is 18.9 Å². The van der Waals surface area contributed by atoms with Crippen LogP contribution in [0.3, 0.4) is 0 Å². The fraction of sp³-hybridized carbons (Fsp3) is 0.150. The summed E-state index contributed by atoms with van der Waals surface area (Å²) in [7, 11) is 1.29. The summed E-state index contributed by atoms with van der Waals surface area (Å²) in [6.07, 6.45) is -4.81. The predicted octanol–water partition coefficient (Wildman–Crippen LogP) is 3.70. The van der Waals surface area contributed by atoms with Gasteiger partial charge in [-0.25, -0.2) is 0 Å². The number of alkyl halides is 3. The van der Waals surface area contributed by atoms with E-state index in [1.807, 2.05) is 0 Å². The van der Waals surface area contributed by atoms with Crippen molar-refractivity contribution in [3.63, 3.8) is 0 Å². The lowest BCUT2D eigenvalue weighted by atomic mass is 10.2. The molecular formula is C20H16F3N3O4. The molecule has 0 saturated carbocycles. The Hall–Kier alpha value is -3.82. The van der Waals surface area contributed by atoms with Crippen molar-refractivity contribution < 1.29 is 27.4 Å². The number of para-hydroxylation sites is 1. The lowest BCUT2D eigenvalue weighted by Crippen LogP contribution is -2.26. The number of carbonyl (C=O) groups is 1. The Labute approximate surface area is 168 Å². The zero-order chi connectivity index (χ0) is 21.9. The van der Waals surface area contributed by atoms with Crippen molar-refractivity contribution in [1.29, 1.82) is 0 Å². The number of methoxy groups -OCH3 is 1. The van der Waals surface area contributed by atoms with Gasteiger partial charge in [0.1, 0.15) is 5.75 Å². The van der Waals surface area contributed by atoms with Gasteiger partial charge in [0.25, 0.3) is 11.5 Å². The molecule has 1 aromatic heterocycles. The van der Waals surface area contributed by atoms with Gasteiger partial charge in [0.2, 0.25) is 0 Å². The van der Waals surface area contributed by atoms with E-state index < -0.39 is 23.6 Å². The van der Waals surface area contributed by atoms with Gasteiger partial charge in [-0.15, -0.1) is 13.2 Å². The molecule has 1 heterocycles. The monoisotopic (exact) mass is 419 g/mol. The first-order chi connectivity index (χ1) is 14.2. The van der Waals surface area contributed by atoms with E-state index in [0.29, 0.717) is 5.69 Å². The summed E-state index contributed by atoms with van der Waals surface area (Å²) in [4.78, 5) is 25.1. The van der Waals surface area contributed by atoms with Crippen molar-refractivity contribution in [2.75, 3.05) is 12.4 Å². The molecule has 3 rings (SSSR count). The SMILES string of the molecule is COc1cc(=O)n(-c2ccccc2C)nc1C(=O)Nc1ccc(OC(F)(F)F)cc1. The number of carbonyl (C=O) groups excluding carboxylic acids is 1. The van der Waals surface area contributed by atoms with E-state index in [2.05, 4.69) is 15.2 Å². The number of anilines is 1. The first-order valence-corrected chi connectivity index (χ1v) is 8.59. The Morgan fingerprint density at radius 1 is 1.10 bits per heavy atom. The molecule has 10 heteroatoms. The van der Waals surface area contributed by atoms with Gasteiger partial charge >= 0.3 is 6.36 Å². The molecule has 1 N–H and O–H groups in total. The highest BCUT2D eigenvalue weighted by molar-refractivity contribution is 6.04. The summed E-state index contributed by atoms with van der Waals surface area (Å²) < 4.78 is 46.7. The molecule has 0 radical (unpaired) electrons. The number of aryl methyl sites for hydroxylation is 1. The minimum atomic E-state index is -4.81. The standard InChI is InChI=1S/C20H16F3N3O4/c1-12-5-3-4-6-15(12)26-17(27)11-16(29-2)18(25-26)19(28)24-13-7-9-14(10-8-13)30-20(21,22)23/h3-11H,1-2H3,(H,24,28). The van der Waals surface area contributed by atoms with Crippen LogP contribution in [0.2, 0.25) is 0 Å². The van der Waals surface area contributed by atoms with Crippen LogP contribution in [0.4, 0.5) is 18.9 Å². The molecule has 0 aliphatic rings. The number of nitrogens with one attached hydrogen (secondary N) is 1. The number of hydrogen-bond donors (Lipinski definition) is 1. The van der Waals surface area contributed by atoms with Crippen molar-refractivity contribution in [1.82, 2.24) is 9.78 Å². The molecular weight excluding hydrogens is 403 g/mol. The summed E-state index contributed by atoms with van der Waals surface area (Å²) in [5.74, 6) is -1.18. The zero-order valence-electron chi connectivity index (χ0n) is 15.9. The number of benzene rings is 2. The molecule has 3 aromatic rings. The first-order valence-electron chi connectivity index (χ1n) is 8.59. The molecule has 2 aromatic carbocycles. The largest absolute Gasteiger partial charge is 0.573 e. The molecule has 156 valence electrons.